The number of hydrogen-bond donors (Lipinski definition) is 1. The summed E-state index contributed by atoms with van der Waals surface area (Å²) in [6.07, 6.45) is 4.82. The molecule has 0 fully saturated rings. The molecule has 19 heavy (non-hydrogen) atoms. The van der Waals surface area contributed by atoms with Gasteiger partial charge in [-0.1, -0.05) is 12.5 Å². The monoisotopic (exact) mass is 261 g/mol. The van der Waals surface area contributed by atoms with Crippen molar-refractivity contribution in [2.45, 2.75) is 39.7 Å². The number of ether oxygens (including phenoxy) is 1. The Bertz CT molecular complexity index is 424. The van der Waals surface area contributed by atoms with Crippen LogP contribution in [0.15, 0.2) is 18.3 Å². The van der Waals surface area contributed by atoms with E-state index in [0.717, 1.165) is 37.9 Å². The average Bonchev–Trinajstić information content (AvgIpc) is 2.43. The maximum atomic E-state index is 8.92. The van der Waals surface area contributed by atoms with E-state index in [1.165, 1.54) is 0 Å². The molecule has 0 spiro atoms. The first-order valence-electron chi connectivity index (χ1n) is 6.69. The van der Waals surface area contributed by atoms with Gasteiger partial charge >= 0.3 is 0 Å². The largest absolute Gasteiger partial charge is 0.481 e. The first-order valence-corrected chi connectivity index (χ1v) is 6.69. The normalized spacial score (nSPS) is 11.1. The third-order valence-electron chi connectivity index (χ3n) is 3.07. The van der Waals surface area contributed by atoms with E-state index in [1.54, 1.807) is 13.3 Å². The van der Waals surface area contributed by atoms with E-state index in [2.05, 4.69) is 16.4 Å². The number of hydrogen-bond acceptors (Lipinski definition) is 4. The van der Waals surface area contributed by atoms with Crippen molar-refractivity contribution in [1.82, 2.24) is 10.3 Å². The van der Waals surface area contributed by atoms with Crippen molar-refractivity contribution in [2.24, 2.45) is 5.41 Å². The van der Waals surface area contributed by atoms with E-state index in [1.807, 2.05) is 26.0 Å². The zero-order chi connectivity index (χ0) is 14.1. The summed E-state index contributed by atoms with van der Waals surface area (Å²) in [7, 11) is 1.63. The SMILES string of the molecule is COc1ncccc1CNCCCCC(C)(C)C#N. The summed E-state index contributed by atoms with van der Waals surface area (Å²) in [5.41, 5.74) is 0.870. The van der Waals surface area contributed by atoms with Crippen LogP contribution < -0.4 is 10.1 Å². The summed E-state index contributed by atoms with van der Waals surface area (Å²) in [6, 6.07) is 6.25. The summed E-state index contributed by atoms with van der Waals surface area (Å²) < 4.78 is 5.20. The van der Waals surface area contributed by atoms with Gasteiger partial charge in [-0.05, 0) is 39.3 Å². The quantitative estimate of drug-likeness (QED) is 0.731. The van der Waals surface area contributed by atoms with Gasteiger partial charge in [0.05, 0.1) is 18.6 Å². The minimum Gasteiger partial charge on any atom is -0.481 e. The second kappa shape index (κ2) is 7.75. The molecule has 4 nitrogen and oxygen atoms in total. The van der Waals surface area contributed by atoms with Crippen LogP contribution in [0.4, 0.5) is 0 Å². The van der Waals surface area contributed by atoms with Crippen molar-refractivity contribution in [3.8, 4) is 11.9 Å². The smallest absolute Gasteiger partial charge is 0.217 e. The summed E-state index contributed by atoms with van der Waals surface area (Å²) in [5, 5.41) is 12.3. The fraction of sp³-hybridized carbons (Fsp3) is 0.600. The lowest BCUT2D eigenvalue weighted by Gasteiger charge is -2.14. The topological polar surface area (TPSA) is 57.9 Å². The molecule has 0 radical (unpaired) electrons. The molecule has 4 heteroatoms. The van der Waals surface area contributed by atoms with Gasteiger partial charge in [-0.25, -0.2) is 4.98 Å². The minimum atomic E-state index is -0.202. The van der Waals surface area contributed by atoms with Crippen molar-refractivity contribution in [1.29, 1.82) is 5.26 Å². The molecule has 1 aromatic heterocycles. The zero-order valence-electron chi connectivity index (χ0n) is 12.1. The standard InChI is InChI=1S/C15H23N3O/c1-15(2,12-16)8-4-5-9-17-11-13-7-6-10-18-14(13)19-3/h6-7,10,17H,4-5,8-9,11H2,1-3H3. The average molecular weight is 261 g/mol. The van der Waals surface area contributed by atoms with Crippen LogP contribution >= 0.6 is 0 Å². The first kappa shape index (κ1) is 15.5. The Morgan fingerprint density at radius 3 is 2.89 bits per heavy atom. The number of aromatic nitrogens is 1. The molecule has 0 bridgehead atoms. The number of nitrogens with one attached hydrogen (secondary N) is 1. The van der Waals surface area contributed by atoms with Crippen LogP contribution in [0.3, 0.4) is 0 Å². The molecule has 1 rings (SSSR count). The van der Waals surface area contributed by atoms with Gasteiger partial charge in [-0.15, -0.1) is 0 Å². The lowest BCUT2D eigenvalue weighted by Crippen LogP contribution is -2.16. The van der Waals surface area contributed by atoms with Crippen LogP contribution in [0.2, 0.25) is 0 Å². The van der Waals surface area contributed by atoms with Gasteiger partial charge in [-0.2, -0.15) is 5.26 Å². The van der Waals surface area contributed by atoms with Crippen LogP contribution in [-0.4, -0.2) is 18.6 Å². The van der Waals surface area contributed by atoms with Crippen LogP contribution in [0.5, 0.6) is 5.88 Å². The number of methoxy groups -OCH3 is 1. The predicted molar refractivity (Wildman–Crippen MR) is 75.7 cm³/mol. The van der Waals surface area contributed by atoms with E-state index < -0.39 is 0 Å². The highest BCUT2D eigenvalue weighted by atomic mass is 16.5. The molecular formula is C15H23N3O. The van der Waals surface area contributed by atoms with Crippen molar-refractivity contribution in [3.63, 3.8) is 0 Å². The summed E-state index contributed by atoms with van der Waals surface area (Å²) in [4.78, 5) is 4.16. The van der Waals surface area contributed by atoms with E-state index in [4.69, 9.17) is 10.00 Å². The molecule has 0 atom stereocenters. The molecule has 0 unspecified atom stereocenters. The highest BCUT2D eigenvalue weighted by Gasteiger charge is 2.15. The number of rotatable bonds is 8. The number of unbranched alkanes of at least 4 members (excludes halogenated alkanes) is 1. The zero-order valence-corrected chi connectivity index (χ0v) is 12.1. The Labute approximate surface area is 115 Å². The van der Waals surface area contributed by atoms with Gasteiger partial charge in [0.2, 0.25) is 5.88 Å². The summed E-state index contributed by atoms with van der Waals surface area (Å²) in [5.74, 6) is 0.681. The second-order valence-corrected chi connectivity index (χ2v) is 5.30. The summed E-state index contributed by atoms with van der Waals surface area (Å²) in [6.45, 7) is 5.68. The molecular weight excluding hydrogens is 238 g/mol. The van der Waals surface area contributed by atoms with Gasteiger partial charge in [0.25, 0.3) is 0 Å². The molecule has 0 aliphatic carbocycles. The van der Waals surface area contributed by atoms with Gasteiger partial charge in [0.1, 0.15) is 0 Å². The van der Waals surface area contributed by atoms with Crippen molar-refractivity contribution in [2.75, 3.05) is 13.7 Å². The van der Waals surface area contributed by atoms with Gasteiger partial charge in [0.15, 0.2) is 0 Å². The van der Waals surface area contributed by atoms with E-state index in [0.29, 0.717) is 5.88 Å². The molecule has 0 saturated heterocycles. The second-order valence-electron chi connectivity index (χ2n) is 5.30. The Morgan fingerprint density at radius 1 is 1.42 bits per heavy atom. The predicted octanol–water partition coefficient (Wildman–Crippen LogP) is 2.90. The number of nitrogens with zero attached hydrogens (tertiary/aromatic N) is 2. The van der Waals surface area contributed by atoms with Gasteiger partial charge in [-0.3, -0.25) is 0 Å². The van der Waals surface area contributed by atoms with E-state index >= 15 is 0 Å². The van der Waals surface area contributed by atoms with Crippen molar-refractivity contribution < 1.29 is 4.74 Å². The molecule has 104 valence electrons. The molecule has 1 N–H and O–H groups in total. The third kappa shape index (κ3) is 5.71. The van der Waals surface area contributed by atoms with Crippen LogP contribution in [0.25, 0.3) is 0 Å². The van der Waals surface area contributed by atoms with Gasteiger partial charge in [0, 0.05) is 18.3 Å². The number of pyridine rings is 1. The first-order chi connectivity index (χ1) is 9.09. The fourth-order valence-electron chi connectivity index (χ4n) is 1.84. The molecule has 0 amide bonds. The molecule has 1 heterocycles. The highest BCUT2D eigenvalue weighted by Crippen LogP contribution is 2.21. The Kier molecular flexibility index (Phi) is 6.31. The summed E-state index contributed by atoms with van der Waals surface area (Å²) >= 11 is 0. The third-order valence-corrected chi connectivity index (χ3v) is 3.07. The van der Waals surface area contributed by atoms with E-state index in [9.17, 15) is 0 Å². The Hall–Kier alpha value is -1.60. The van der Waals surface area contributed by atoms with Crippen molar-refractivity contribution in [3.05, 3.63) is 23.9 Å². The molecule has 0 aromatic carbocycles. The molecule has 0 saturated carbocycles. The fourth-order valence-corrected chi connectivity index (χ4v) is 1.84. The maximum absolute atomic E-state index is 8.92. The van der Waals surface area contributed by atoms with Crippen LogP contribution in [0, 0.1) is 16.7 Å². The Morgan fingerprint density at radius 2 is 2.21 bits per heavy atom. The maximum Gasteiger partial charge on any atom is 0.217 e. The van der Waals surface area contributed by atoms with E-state index in [-0.39, 0.29) is 5.41 Å². The van der Waals surface area contributed by atoms with Crippen molar-refractivity contribution >= 4 is 0 Å². The molecule has 0 aliphatic rings. The molecule has 1 aromatic rings. The van der Waals surface area contributed by atoms with Crippen LogP contribution in [0.1, 0.15) is 38.7 Å². The Balaban J connectivity index is 2.20. The lowest BCUT2D eigenvalue weighted by atomic mass is 9.89. The lowest BCUT2D eigenvalue weighted by molar-refractivity contribution is 0.389. The van der Waals surface area contributed by atoms with Gasteiger partial charge < -0.3 is 10.1 Å². The highest BCUT2D eigenvalue weighted by molar-refractivity contribution is 5.24. The minimum absolute atomic E-state index is 0.202. The van der Waals surface area contributed by atoms with Crippen LogP contribution in [-0.2, 0) is 6.54 Å². The number of nitriles is 1. The molecule has 0 aliphatic heterocycles.